The first-order valence-electron chi connectivity index (χ1n) is 4.92. The average molecular weight is 202 g/mol. The van der Waals surface area contributed by atoms with E-state index < -0.39 is 0 Å². The number of aromatic nitrogens is 2. The molecule has 78 valence electrons. The fourth-order valence-corrected chi connectivity index (χ4v) is 1.73. The summed E-state index contributed by atoms with van der Waals surface area (Å²) in [5, 5.41) is 9.20. The minimum Gasteiger partial charge on any atom is -0.390 e. The summed E-state index contributed by atoms with van der Waals surface area (Å²) < 4.78 is 1.94. The fourth-order valence-electron chi connectivity index (χ4n) is 1.73. The molecule has 0 bridgehead atoms. The van der Waals surface area contributed by atoms with Crippen molar-refractivity contribution in [3.8, 4) is 11.4 Å². The molecule has 0 atom stereocenters. The molecule has 0 aliphatic heterocycles. The second-order valence-corrected chi connectivity index (χ2v) is 3.55. The van der Waals surface area contributed by atoms with Crippen LogP contribution < -0.4 is 0 Å². The van der Waals surface area contributed by atoms with Crippen molar-refractivity contribution in [3.63, 3.8) is 0 Å². The van der Waals surface area contributed by atoms with Crippen LogP contribution in [0.25, 0.3) is 11.4 Å². The maximum absolute atomic E-state index is 9.20. The van der Waals surface area contributed by atoms with Gasteiger partial charge in [-0.25, -0.2) is 4.98 Å². The largest absolute Gasteiger partial charge is 0.390 e. The lowest BCUT2D eigenvalue weighted by Gasteiger charge is -2.03. The van der Waals surface area contributed by atoms with Crippen LogP contribution in [0, 0.1) is 6.92 Å². The van der Waals surface area contributed by atoms with Crippen LogP contribution in [0.2, 0.25) is 0 Å². The molecule has 15 heavy (non-hydrogen) atoms. The Bertz CT molecular complexity index is 460. The molecule has 1 N–H and O–H groups in total. The number of aliphatic hydroxyl groups excluding tert-OH is 1. The number of aryl methyl sites for hydroxylation is 1. The van der Waals surface area contributed by atoms with Gasteiger partial charge in [0.05, 0.1) is 18.0 Å². The van der Waals surface area contributed by atoms with E-state index in [0.717, 1.165) is 22.8 Å². The third kappa shape index (κ3) is 1.66. The molecule has 0 spiro atoms. The van der Waals surface area contributed by atoms with Crippen LogP contribution in [0.5, 0.6) is 0 Å². The Kier molecular flexibility index (Phi) is 2.56. The zero-order valence-corrected chi connectivity index (χ0v) is 8.94. The molecule has 0 amide bonds. The highest BCUT2D eigenvalue weighted by atomic mass is 16.3. The van der Waals surface area contributed by atoms with Gasteiger partial charge in [-0.05, 0) is 6.92 Å². The zero-order valence-electron chi connectivity index (χ0n) is 8.94. The van der Waals surface area contributed by atoms with Gasteiger partial charge in [0.25, 0.3) is 0 Å². The smallest absolute Gasteiger partial charge is 0.140 e. The highest BCUT2D eigenvalue weighted by Crippen LogP contribution is 2.20. The number of aliphatic hydroxyl groups is 1. The molecule has 1 aromatic heterocycles. The molecule has 0 aliphatic carbocycles. The van der Waals surface area contributed by atoms with Gasteiger partial charge in [0, 0.05) is 12.6 Å². The molecular formula is C12H14N2O. The molecule has 0 radical (unpaired) electrons. The molecule has 0 unspecified atom stereocenters. The zero-order chi connectivity index (χ0) is 10.8. The van der Waals surface area contributed by atoms with Crippen molar-refractivity contribution >= 4 is 0 Å². The van der Waals surface area contributed by atoms with E-state index >= 15 is 0 Å². The molecule has 0 saturated heterocycles. The van der Waals surface area contributed by atoms with Crippen molar-refractivity contribution in [3.05, 3.63) is 41.7 Å². The number of benzene rings is 1. The Morgan fingerprint density at radius 3 is 2.47 bits per heavy atom. The predicted molar refractivity (Wildman–Crippen MR) is 59.3 cm³/mol. The number of hydrogen-bond acceptors (Lipinski definition) is 2. The Balaban J connectivity index is 2.55. The quantitative estimate of drug-likeness (QED) is 0.807. The monoisotopic (exact) mass is 202 g/mol. The van der Waals surface area contributed by atoms with Gasteiger partial charge in [0.2, 0.25) is 0 Å². The minimum absolute atomic E-state index is 0.0299. The van der Waals surface area contributed by atoms with Gasteiger partial charge in [-0.1, -0.05) is 30.3 Å². The van der Waals surface area contributed by atoms with E-state index in [0.29, 0.717) is 0 Å². The van der Waals surface area contributed by atoms with Gasteiger partial charge < -0.3 is 9.67 Å². The number of nitrogens with zero attached hydrogens (tertiary/aromatic N) is 2. The van der Waals surface area contributed by atoms with Crippen LogP contribution in [0.4, 0.5) is 0 Å². The van der Waals surface area contributed by atoms with E-state index in [1.54, 1.807) is 0 Å². The summed E-state index contributed by atoms with van der Waals surface area (Å²) in [6, 6.07) is 9.98. The molecule has 3 nitrogen and oxygen atoms in total. The first-order valence-corrected chi connectivity index (χ1v) is 4.92. The van der Waals surface area contributed by atoms with E-state index in [9.17, 15) is 5.11 Å². The molecule has 1 aromatic carbocycles. The van der Waals surface area contributed by atoms with Crippen LogP contribution in [-0.4, -0.2) is 14.7 Å². The van der Waals surface area contributed by atoms with Crippen molar-refractivity contribution in [2.45, 2.75) is 13.5 Å². The topological polar surface area (TPSA) is 38.0 Å². The second-order valence-electron chi connectivity index (χ2n) is 3.55. The van der Waals surface area contributed by atoms with Crippen LogP contribution >= 0.6 is 0 Å². The normalized spacial score (nSPS) is 10.6. The second kappa shape index (κ2) is 3.87. The van der Waals surface area contributed by atoms with E-state index in [1.807, 2.05) is 48.9 Å². The molecule has 0 fully saturated rings. The summed E-state index contributed by atoms with van der Waals surface area (Å²) in [7, 11) is 1.92. The SMILES string of the molecule is Cc1nc(-c2ccccc2)n(C)c1CO. The summed E-state index contributed by atoms with van der Waals surface area (Å²) in [5.41, 5.74) is 2.83. The first kappa shape index (κ1) is 9.93. The molecule has 3 heteroatoms. The van der Waals surface area contributed by atoms with Crippen molar-refractivity contribution in [2.24, 2.45) is 7.05 Å². The lowest BCUT2D eigenvalue weighted by atomic mass is 10.2. The molecule has 2 rings (SSSR count). The van der Waals surface area contributed by atoms with Gasteiger partial charge in [0.15, 0.2) is 0 Å². The van der Waals surface area contributed by atoms with Crippen molar-refractivity contribution in [1.29, 1.82) is 0 Å². The first-order chi connectivity index (χ1) is 7.24. The van der Waals surface area contributed by atoms with Gasteiger partial charge >= 0.3 is 0 Å². The number of hydrogen-bond donors (Lipinski definition) is 1. The van der Waals surface area contributed by atoms with Crippen LogP contribution in [0.3, 0.4) is 0 Å². The average Bonchev–Trinajstić information content (AvgIpc) is 2.55. The summed E-state index contributed by atoms with van der Waals surface area (Å²) in [6.45, 7) is 1.94. The van der Waals surface area contributed by atoms with Gasteiger partial charge in [-0.2, -0.15) is 0 Å². The molecule has 0 aliphatic rings. The fraction of sp³-hybridized carbons (Fsp3) is 0.250. The maximum atomic E-state index is 9.20. The molecular weight excluding hydrogens is 188 g/mol. The van der Waals surface area contributed by atoms with E-state index in [-0.39, 0.29) is 6.61 Å². The van der Waals surface area contributed by atoms with Crippen molar-refractivity contribution < 1.29 is 5.11 Å². The Hall–Kier alpha value is -1.61. The van der Waals surface area contributed by atoms with Gasteiger partial charge in [0.1, 0.15) is 5.82 Å². The van der Waals surface area contributed by atoms with Crippen LogP contribution in [-0.2, 0) is 13.7 Å². The lowest BCUT2D eigenvalue weighted by molar-refractivity contribution is 0.272. The third-order valence-electron chi connectivity index (χ3n) is 2.60. The Morgan fingerprint density at radius 1 is 1.27 bits per heavy atom. The van der Waals surface area contributed by atoms with Gasteiger partial charge in [-0.3, -0.25) is 0 Å². The minimum atomic E-state index is 0.0299. The highest BCUT2D eigenvalue weighted by molar-refractivity contribution is 5.56. The molecule has 0 saturated carbocycles. The molecule has 1 heterocycles. The van der Waals surface area contributed by atoms with Crippen LogP contribution in [0.1, 0.15) is 11.4 Å². The summed E-state index contributed by atoms with van der Waals surface area (Å²) in [5.74, 6) is 0.900. The van der Waals surface area contributed by atoms with E-state index in [1.165, 1.54) is 0 Å². The van der Waals surface area contributed by atoms with E-state index in [2.05, 4.69) is 4.98 Å². The predicted octanol–water partition coefficient (Wildman–Crippen LogP) is 1.89. The van der Waals surface area contributed by atoms with Crippen molar-refractivity contribution in [2.75, 3.05) is 0 Å². The summed E-state index contributed by atoms with van der Waals surface area (Å²) in [4.78, 5) is 4.45. The van der Waals surface area contributed by atoms with E-state index in [4.69, 9.17) is 0 Å². The van der Waals surface area contributed by atoms with Crippen LogP contribution in [0.15, 0.2) is 30.3 Å². The van der Waals surface area contributed by atoms with Crippen molar-refractivity contribution in [1.82, 2.24) is 9.55 Å². The summed E-state index contributed by atoms with van der Waals surface area (Å²) >= 11 is 0. The summed E-state index contributed by atoms with van der Waals surface area (Å²) in [6.07, 6.45) is 0. The van der Waals surface area contributed by atoms with Gasteiger partial charge in [-0.15, -0.1) is 0 Å². The Morgan fingerprint density at radius 2 is 1.93 bits per heavy atom. The number of imidazole rings is 1. The maximum Gasteiger partial charge on any atom is 0.140 e. The Labute approximate surface area is 89.0 Å². The lowest BCUT2D eigenvalue weighted by Crippen LogP contribution is -1.98. The molecule has 2 aromatic rings. The number of rotatable bonds is 2. The third-order valence-corrected chi connectivity index (χ3v) is 2.60. The highest BCUT2D eigenvalue weighted by Gasteiger charge is 2.11. The standard InChI is InChI=1S/C12H14N2O/c1-9-11(8-15)14(2)12(13-9)10-6-4-3-5-7-10/h3-7,15H,8H2,1-2H3.